The van der Waals surface area contributed by atoms with Crippen molar-refractivity contribution in [2.75, 3.05) is 33.3 Å². The fourth-order valence-electron chi connectivity index (χ4n) is 3.40. The van der Waals surface area contributed by atoms with Gasteiger partial charge in [-0.15, -0.1) is 0 Å². The average molecular weight is 391 g/mol. The lowest BCUT2D eigenvalue weighted by atomic mass is 9.94. The number of nitro groups is 1. The summed E-state index contributed by atoms with van der Waals surface area (Å²) >= 11 is 0. The molecule has 0 radical (unpaired) electrons. The number of nitro benzene ring substituents is 1. The molecule has 1 aliphatic heterocycles. The van der Waals surface area contributed by atoms with E-state index in [1.54, 1.807) is 22.8 Å². The van der Waals surface area contributed by atoms with Crippen LogP contribution in [0, 0.1) is 16.0 Å². The zero-order chi connectivity index (χ0) is 20.7. The number of piperidine rings is 1. The summed E-state index contributed by atoms with van der Waals surface area (Å²) in [6.45, 7) is 5.84. The molecule has 0 atom stereocenters. The molecule has 1 fully saturated rings. The van der Waals surface area contributed by atoms with Crippen molar-refractivity contribution in [1.82, 2.24) is 9.80 Å². The van der Waals surface area contributed by atoms with Crippen LogP contribution >= 0.6 is 0 Å². The van der Waals surface area contributed by atoms with E-state index < -0.39 is 4.92 Å². The van der Waals surface area contributed by atoms with Crippen molar-refractivity contribution >= 4 is 17.5 Å². The first-order chi connectivity index (χ1) is 13.4. The molecule has 1 aliphatic rings. The minimum atomic E-state index is -0.543. The van der Waals surface area contributed by atoms with Crippen molar-refractivity contribution in [3.8, 4) is 5.75 Å². The van der Waals surface area contributed by atoms with Gasteiger partial charge in [0.05, 0.1) is 11.5 Å². The van der Waals surface area contributed by atoms with E-state index in [1.807, 2.05) is 7.05 Å². The largest absolute Gasteiger partial charge is 0.487 e. The quantitative estimate of drug-likeness (QED) is 0.501. The first-order valence-electron chi connectivity index (χ1n) is 9.84. The molecule has 8 heteroatoms. The summed E-state index contributed by atoms with van der Waals surface area (Å²) in [5.74, 6) is -0.0299. The first kappa shape index (κ1) is 21.7. The van der Waals surface area contributed by atoms with Crippen molar-refractivity contribution in [2.45, 2.75) is 39.5 Å². The summed E-state index contributed by atoms with van der Waals surface area (Å²) in [6.07, 6.45) is 3.25. The Hall–Kier alpha value is -2.64. The molecule has 0 aromatic heterocycles. The Labute approximate surface area is 165 Å². The van der Waals surface area contributed by atoms with E-state index in [0.29, 0.717) is 32.5 Å². The Morgan fingerprint density at radius 1 is 1.29 bits per heavy atom. The molecule has 154 valence electrons. The monoisotopic (exact) mass is 391 g/mol. The van der Waals surface area contributed by atoms with Gasteiger partial charge in [0.15, 0.2) is 5.75 Å². The van der Waals surface area contributed by atoms with E-state index in [4.69, 9.17) is 4.74 Å². The second-order valence-corrected chi connectivity index (χ2v) is 7.05. The van der Waals surface area contributed by atoms with E-state index in [1.165, 1.54) is 12.1 Å². The molecule has 0 N–H and O–H groups in total. The second-order valence-electron chi connectivity index (χ2n) is 7.05. The highest BCUT2D eigenvalue weighted by Gasteiger charge is 2.30. The molecular formula is C20H29N3O5. The van der Waals surface area contributed by atoms with Gasteiger partial charge < -0.3 is 14.5 Å². The Morgan fingerprint density at radius 2 is 1.96 bits per heavy atom. The van der Waals surface area contributed by atoms with E-state index in [2.05, 4.69) is 6.92 Å². The minimum Gasteiger partial charge on any atom is -0.487 e. The highest BCUT2D eigenvalue weighted by Crippen LogP contribution is 2.29. The summed E-state index contributed by atoms with van der Waals surface area (Å²) in [7, 11) is 1.83. The van der Waals surface area contributed by atoms with Crippen molar-refractivity contribution in [2.24, 2.45) is 5.92 Å². The molecular weight excluding hydrogens is 362 g/mol. The van der Waals surface area contributed by atoms with Gasteiger partial charge in [0.2, 0.25) is 5.91 Å². The SMILES string of the molecule is CCCCN(C)C(=O)C1CCN(C(=O)c2ccc(OCC)c([N+](=O)[O-])c2)CC1. The first-order valence-corrected chi connectivity index (χ1v) is 9.84. The fraction of sp³-hybridized carbons (Fsp3) is 0.600. The molecule has 1 aromatic rings. The van der Waals surface area contributed by atoms with Crippen LogP contribution in [0.5, 0.6) is 5.75 Å². The Morgan fingerprint density at radius 3 is 2.54 bits per heavy atom. The summed E-state index contributed by atoms with van der Waals surface area (Å²) in [4.78, 5) is 39.4. The summed E-state index contributed by atoms with van der Waals surface area (Å²) in [5.41, 5.74) is 0.0512. The van der Waals surface area contributed by atoms with E-state index in [-0.39, 0.29) is 34.7 Å². The molecule has 0 aliphatic carbocycles. The lowest BCUT2D eigenvalue weighted by Gasteiger charge is -2.33. The Kier molecular flexibility index (Phi) is 7.78. The van der Waals surface area contributed by atoms with Gasteiger partial charge in [-0.25, -0.2) is 0 Å². The normalized spacial score (nSPS) is 14.6. The average Bonchev–Trinajstić information content (AvgIpc) is 2.71. The van der Waals surface area contributed by atoms with Gasteiger partial charge >= 0.3 is 5.69 Å². The number of carbonyl (C=O) groups is 2. The maximum Gasteiger partial charge on any atom is 0.311 e. The van der Waals surface area contributed by atoms with Crippen LogP contribution < -0.4 is 4.74 Å². The zero-order valence-electron chi connectivity index (χ0n) is 16.8. The van der Waals surface area contributed by atoms with Crippen LogP contribution in [-0.2, 0) is 4.79 Å². The van der Waals surface area contributed by atoms with Crippen LogP contribution in [0.4, 0.5) is 5.69 Å². The number of unbranched alkanes of at least 4 members (excludes halogenated alkanes) is 1. The fourth-order valence-corrected chi connectivity index (χ4v) is 3.40. The molecule has 0 spiro atoms. The number of hydrogen-bond donors (Lipinski definition) is 0. The number of carbonyl (C=O) groups excluding carboxylic acids is 2. The van der Waals surface area contributed by atoms with Gasteiger partial charge in [0.1, 0.15) is 0 Å². The number of benzene rings is 1. The smallest absolute Gasteiger partial charge is 0.311 e. The molecule has 2 rings (SSSR count). The third kappa shape index (κ3) is 5.21. The van der Waals surface area contributed by atoms with Gasteiger partial charge in [-0.1, -0.05) is 13.3 Å². The van der Waals surface area contributed by atoms with Crippen molar-refractivity contribution in [3.05, 3.63) is 33.9 Å². The zero-order valence-corrected chi connectivity index (χ0v) is 16.8. The van der Waals surface area contributed by atoms with Crippen LogP contribution in [0.15, 0.2) is 18.2 Å². The predicted molar refractivity (Wildman–Crippen MR) is 105 cm³/mol. The second kappa shape index (κ2) is 10.1. The molecule has 2 amide bonds. The molecule has 0 unspecified atom stereocenters. The van der Waals surface area contributed by atoms with E-state index in [0.717, 1.165) is 19.4 Å². The van der Waals surface area contributed by atoms with Crippen molar-refractivity contribution in [1.29, 1.82) is 0 Å². The van der Waals surface area contributed by atoms with Crippen LogP contribution in [0.1, 0.15) is 49.9 Å². The number of hydrogen-bond acceptors (Lipinski definition) is 5. The number of amides is 2. The Balaban J connectivity index is 2.01. The van der Waals surface area contributed by atoms with Gasteiger partial charge in [0.25, 0.3) is 5.91 Å². The van der Waals surface area contributed by atoms with E-state index in [9.17, 15) is 19.7 Å². The summed E-state index contributed by atoms with van der Waals surface area (Å²) in [5, 5.41) is 11.3. The predicted octanol–water partition coefficient (Wildman–Crippen LogP) is 3.10. The summed E-state index contributed by atoms with van der Waals surface area (Å²) in [6, 6.07) is 4.28. The van der Waals surface area contributed by atoms with E-state index >= 15 is 0 Å². The number of nitrogens with zero attached hydrogens (tertiary/aromatic N) is 3. The lowest BCUT2D eigenvalue weighted by molar-refractivity contribution is -0.385. The summed E-state index contributed by atoms with van der Waals surface area (Å²) < 4.78 is 5.26. The maximum absolute atomic E-state index is 12.8. The third-order valence-electron chi connectivity index (χ3n) is 5.06. The molecule has 1 heterocycles. The van der Waals surface area contributed by atoms with Gasteiger partial charge in [0, 0.05) is 44.2 Å². The number of likely N-dealkylation sites (tertiary alicyclic amines) is 1. The van der Waals surface area contributed by atoms with Crippen LogP contribution in [0.25, 0.3) is 0 Å². The topological polar surface area (TPSA) is 93.0 Å². The highest BCUT2D eigenvalue weighted by atomic mass is 16.6. The van der Waals surface area contributed by atoms with Crippen molar-refractivity contribution < 1.29 is 19.2 Å². The third-order valence-corrected chi connectivity index (χ3v) is 5.06. The van der Waals surface area contributed by atoms with Gasteiger partial charge in [-0.3, -0.25) is 19.7 Å². The van der Waals surface area contributed by atoms with Gasteiger partial charge in [-0.2, -0.15) is 0 Å². The minimum absolute atomic E-state index is 0.0689. The maximum atomic E-state index is 12.8. The lowest BCUT2D eigenvalue weighted by Crippen LogP contribution is -2.43. The molecule has 1 aromatic carbocycles. The standard InChI is InChI=1S/C20H29N3O5/c1-4-6-11-21(3)19(24)15-9-12-22(13-10-15)20(25)16-7-8-18(28-5-2)17(14-16)23(26)27/h7-8,14-15H,4-6,9-13H2,1-3H3. The molecule has 0 bridgehead atoms. The van der Waals surface area contributed by atoms with Crippen molar-refractivity contribution in [3.63, 3.8) is 0 Å². The molecule has 8 nitrogen and oxygen atoms in total. The Bertz CT molecular complexity index is 714. The highest BCUT2D eigenvalue weighted by molar-refractivity contribution is 5.95. The molecule has 0 saturated carbocycles. The van der Waals surface area contributed by atoms with Crippen LogP contribution in [0.2, 0.25) is 0 Å². The number of ether oxygens (including phenoxy) is 1. The van der Waals surface area contributed by atoms with Crippen LogP contribution in [0.3, 0.4) is 0 Å². The molecule has 28 heavy (non-hydrogen) atoms. The number of rotatable bonds is 8. The van der Waals surface area contributed by atoms with Gasteiger partial charge in [-0.05, 0) is 38.3 Å². The van der Waals surface area contributed by atoms with Crippen LogP contribution in [-0.4, -0.2) is 59.8 Å². The molecule has 1 saturated heterocycles.